The van der Waals surface area contributed by atoms with Crippen molar-refractivity contribution in [3.05, 3.63) is 97.2 Å². The molecule has 0 aromatic carbocycles. The molecule has 5 heteroatoms. The molecule has 5 nitrogen and oxygen atoms in total. The summed E-state index contributed by atoms with van der Waals surface area (Å²) in [6.45, 7) is 7.57. The van der Waals surface area contributed by atoms with E-state index in [0.29, 0.717) is 13.0 Å². The number of carbonyl (C=O) groups is 2. The Morgan fingerprint density at radius 2 is 0.727 bits per heavy atom. The van der Waals surface area contributed by atoms with Gasteiger partial charge in [-0.3, -0.25) is 9.59 Å². The number of unbranched alkanes of at least 4 members (excludes halogenated alkanes) is 24. The second kappa shape index (κ2) is 56.1. The SMILES string of the molecule is CC/C=C\C/C=C\C/C=C\C/C=C\C/C=C\CC(=O)OCC(COCCCCCCCCCCCC/C=C\CCCCCCCC)OC(=O)CCCCCCC/C=C\C/C=C\CCCCC. The maximum atomic E-state index is 12.8. The normalized spacial score (nSPS) is 13.0. The van der Waals surface area contributed by atoms with E-state index in [1.807, 2.05) is 12.2 Å². The summed E-state index contributed by atoms with van der Waals surface area (Å²) < 4.78 is 17.3. The van der Waals surface area contributed by atoms with Crippen LogP contribution in [0.15, 0.2) is 97.2 Å². The van der Waals surface area contributed by atoms with Crippen LogP contribution in [-0.2, 0) is 23.8 Å². The Morgan fingerprint density at radius 1 is 0.364 bits per heavy atom. The van der Waals surface area contributed by atoms with Gasteiger partial charge in [0.05, 0.1) is 13.0 Å². The quantitative estimate of drug-likeness (QED) is 0.0346. The fraction of sp³-hybridized carbons (Fsp3) is 0.705. The van der Waals surface area contributed by atoms with Crippen LogP contribution in [0.5, 0.6) is 0 Å². The molecule has 0 radical (unpaired) electrons. The van der Waals surface area contributed by atoms with Crippen molar-refractivity contribution in [3.63, 3.8) is 0 Å². The number of carbonyl (C=O) groups excluding carboxylic acids is 2. The van der Waals surface area contributed by atoms with Crippen molar-refractivity contribution in [1.29, 1.82) is 0 Å². The van der Waals surface area contributed by atoms with Gasteiger partial charge in [-0.1, -0.05) is 234 Å². The molecule has 66 heavy (non-hydrogen) atoms. The lowest BCUT2D eigenvalue weighted by molar-refractivity contribution is -0.162. The van der Waals surface area contributed by atoms with E-state index in [0.717, 1.165) is 77.0 Å². The van der Waals surface area contributed by atoms with Gasteiger partial charge in [0, 0.05) is 13.0 Å². The molecule has 0 aromatic heterocycles. The summed E-state index contributed by atoms with van der Waals surface area (Å²) in [6.07, 6.45) is 75.9. The number of hydrogen-bond acceptors (Lipinski definition) is 5. The molecule has 0 saturated heterocycles. The third-order valence-corrected chi connectivity index (χ3v) is 11.6. The predicted molar refractivity (Wildman–Crippen MR) is 288 cm³/mol. The van der Waals surface area contributed by atoms with Gasteiger partial charge in [0.25, 0.3) is 0 Å². The van der Waals surface area contributed by atoms with Gasteiger partial charge in [0.2, 0.25) is 0 Å². The van der Waals surface area contributed by atoms with E-state index in [9.17, 15) is 9.59 Å². The van der Waals surface area contributed by atoms with Crippen LogP contribution in [0.2, 0.25) is 0 Å². The summed E-state index contributed by atoms with van der Waals surface area (Å²) in [5.41, 5.74) is 0. The highest BCUT2D eigenvalue weighted by Gasteiger charge is 2.17. The second-order valence-corrected chi connectivity index (χ2v) is 18.1. The summed E-state index contributed by atoms with van der Waals surface area (Å²) in [5.74, 6) is -0.559. The van der Waals surface area contributed by atoms with Crippen LogP contribution in [0.25, 0.3) is 0 Å². The predicted octanol–water partition coefficient (Wildman–Crippen LogP) is 19.0. The van der Waals surface area contributed by atoms with E-state index in [2.05, 4.69) is 106 Å². The van der Waals surface area contributed by atoms with Gasteiger partial charge >= 0.3 is 11.9 Å². The highest BCUT2D eigenvalue weighted by Crippen LogP contribution is 2.14. The zero-order chi connectivity index (χ0) is 47.7. The van der Waals surface area contributed by atoms with Crippen LogP contribution in [-0.4, -0.2) is 37.9 Å². The van der Waals surface area contributed by atoms with Crippen LogP contribution in [0.4, 0.5) is 0 Å². The molecular weight excluding hydrogens is 813 g/mol. The average molecular weight is 917 g/mol. The molecule has 1 atom stereocenters. The van der Waals surface area contributed by atoms with Gasteiger partial charge in [-0.05, 0) is 103 Å². The minimum Gasteiger partial charge on any atom is -0.461 e. The largest absolute Gasteiger partial charge is 0.461 e. The molecule has 0 spiro atoms. The van der Waals surface area contributed by atoms with Crippen LogP contribution < -0.4 is 0 Å². The number of rotatable bonds is 50. The molecule has 0 fully saturated rings. The minimum absolute atomic E-state index is 0.0212. The molecule has 0 N–H and O–H groups in total. The maximum absolute atomic E-state index is 12.8. The van der Waals surface area contributed by atoms with Crippen LogP contribution >= 0.6 is 0 Å². The molecule has 0 rings (SSSR count). The molecular formula is C61H104O5. The van der Waals surface area contributed by atoms with E-state index >= 15 is 0 Å². The highest BCUT2D eigenvalue weighted by molar-refractivity contribution is 5.71. The van der Waals surface area contributed by atoms with Crippen LogP contribution in [0, 0.1) is 0 Å². The number of allylic oxidation sites excluding steroid dienone is 15. The molecule has 0 heterocycles. The highest BCUT2D eigenvalue weighted by atomic mass is 16.6. The Hall–Kier alpha value is -3.18. The Balaban J connectivity index is 4.38. The summed E-state index contributed by atoms with van der Waals surface area (Å²) in [5, 5.41) is 0. The number of ether oxygens (including phenoxy) is 3. The van der Waals surface area contributed by atoms with E-state index < -0.39 is 6.10 Å². The van der Waals surface area contributed by atoms with Crippen molar-refractivity contribution in [2.24, 2.45) is 0 Å². The Kier molecular flexibility index (Phi) is 53.4. The lowest BCUT2D eigenvalue weighted by Gasteiger charge is -2.18. The van der Waals surface area contributed by atoms with Gasteiger partial charge < -0.3 is 14.2 Å². The molecule has 0 aliphatic rings. The molecule has 0 aliphatic heterocycles. The molecule has 1 unspecified atom stereocenters. The molecule has 0 bridgehead atoms. The first-order valence-electron chi connectivity index (χ1n) is 27.8. The molecule has 0 amide bonds. The summed E-state index contributed by atoms with van der Waals surface area (Å²) in [6, 6.07) is 0. The summed E-state index contributed by atoms with van der Waals surface area (Å²) >= 11 is 0. The van der Waals surface area contributed by atoms with E-state index in [1.165, 1.54) is 141 Å². The minimum atomic E-state index is -0.589. The fourth-order valence-corrected chi connectivity index (χ4v) is 7.49. The van der Waals surface area contributed by atoms with Crippen LogP contribution in [0.3, 0.4) is 0 Å². The molecule has 0 aliphatic carbocycles. The first kappa shape index (κ1) is 62.8. The van der Waals surface area contributed by atoms with Crippen molar-refractivity contribution < 1.29 is 23.8 Å². The molecule has 0 aromatic rings. The first-order valence-corrected chi connectivity index (χ1v) is 27.8. The van der Waals surface area contributed by atoms with Gasteiger partial charge in [-0.25, -0.2) is 0 Å². The lowest BCUT2D eigenvalue weighted by atomic mass is 10.1. The van der Waals surface area contributed by atoms with Crippen molar-refractivity contribution in [2.75, 3.05) is 19.8 Å². The standard InChI is InChI=1S/C61H104O5/c1-4-7-10-13-16-19-22-25-28-29-30-31-32-35-38-41-44-47-50-53-56-64-57-59(66-61(63)55-52-49-46-43-40-37-34-27-24-21-18-15-12-9-6-3)58-65-60(62)54-51-48-45-42-39-36-33-26-23-20-17-14-11-8-5-2/h8,11,17-18,20-21,25-28,33-34,39,42,48,51,59H,4-7,9-10,12-16,19,22-24,29-32,35-38,40-41,43-47,49-50,52-58H2,1-3H3/b11-8-,20-17-,21-18-,28-25-,33-26-,34-27-,42-39-,51-48-. The summed E-state index contributed by atoms with van der Waals surface area (Å²) in [7, 11) is 0. The number of esters is 2. The Labute approximate surface area is 409 Å². The van der Waals surface area contributed by atoms with Gasteiger partial charge in [-0.2, -0.15) is 0 Å². The number of hydrogen-bond donors (Lipinski definition) is 0. The van der Waals surface area contributed by atoms with E-state index in [1.54, 1.807) is 0 Å². The lowest BCUT2D eigenvalue weighted by Crippen LogP contribution is -2.30. The van der Waals surface area contributed by atoms with E-state index in [-0.39, 0.29) is 31.6 Å². The Bertz CT molecular complexity index is 1270. The first-order chi connectivity index (χ1) is 32.6. The van der Waals surface area contributed by atoms with Gasteiger partial charge in [-0.15, -0.1) is 0 Å². The third-order valence-electron chi connectivity index (χ3n) is 11.6. The maximum Gasteiger partial charge on any atom is 0.309 e. The Morgan fingerprint density at radius 3 is 1.21 bits per heavy atom. The van der Waals surface area contributed by atoms with Crippen LogP contribution in [0.1, 0.15) is 252 Å². The monoisotopic (exact) mass is 917 g/mol. The average Bonchev–Trinajstić information content (AvgIpc) is 3.32. The van der Waals surface area contributed by atoms with Gasteiger partial charge in [0.1, 0.15) is 6.61 Å². The van der Waals surface area contributed by atoms with Crippen molar-refractivity contribution >= 4 is 11.9 Å². The second-order valence-electron chi connectivity index (χ2n) is 18.1. The fourth-order valence-electron chi connectivity index (χ4n) is 7.49. The summed E-state index contributed by atoms with van der Waals surface area (Å²) in [4.78, 5) is 25.4. The zero-order valence-corrected chi connectivity index (χ0v) is 43.4. The molecule has 378 valence electrons. The third kappa shape index (κ3) is 53.4. The van der Waals surface area contributed by atoms with Crippen molar-refractivity contribution in [2.45, 2.75) is 258 Å². The van der Waals surface area contributed by atoms with E-state index in [4.69, 9.17) is 14.2 Å². The topological polar surface area (TPSA) is 61.8 Å². The van der Waals surface area contributed by atoms with Crippen molar-refractivity contribution in [3.8, 4) is 0 Å². The molecule has 0 saturated carbocycles. The smallest absolute Gasteiger partial charge is 0.309 e. The van der Waals surface area contributed by atoms with Gasteiger partial charge in [0.15, 0.2) is 6.10 Å². The van der Waals surface area contributed by atoms with Crippen molar-refractivity contribution in [1.82, 2.24) is 0 Å². The zero-order valence-electron chi connectivity index (χ0n) is 43.4.